The Balaban J connectivity index is 0.00000441. The highest BCUT2D eigenvalue weighted by Crippen LogP contribution is 2.15. The van der Waals surface area contributed by atoms with Gasteiger partial charge < -0.3 is 27.4 Å². The fraction of sp³-hybridized carbons (Fsp3) is 0.471. The van der Waals surface area contributed by atoms with Crippen LogP contribution in [0.15, 0.2) is 24.3 Å². The van der Waals surface area contributed by atoms with Crippen molar-refractivity contribution in [3.8, 4) is 18.1 Å². The van der Waals surface area contributed by atoms with E-state index in [0.29, 0.717) is 24.9 Å². The smallest absolute Gasteiger partial charge is 0.414 e. The van der Waals surface area contributed by atoms with Gasteiger partial charge in [-0.25, -0.2) is 4.79 Å². The van der Waals surface area contributed by atoms with Crippen molar-refractivity contribution in [2.24, 2.45) is 0 Å². The first kappa shape index (κ1) is 20.3. The Bertz CT molecular complexity index is 500. The van der Waals surface area contributed by atoms with E-state index in [9.17, 15) is 4.79 Å². The van der Waals surface area contributed by atoms with Crippen LogP contribution in [0.4, 0.5) is 4.79 Å². The monoisotopic (exact) mass is 324 g/mol. The average molecular weight is 325 g/mol. The highest BCUT2D eigenvalue weighted by atomic mass is 35.5. The molecule has 0 heterocycles. The van der Waals surface area contributed by atoms with E-state index in [4.69, 9.17) is 11.2 Å². The quantitative estimate of drug-likeness (QED) is 0.631. The van der Waals surface area contributed by atoms with E-state index in [1.54, 1.807) is 18.0 Å². The molecule has 0 aromatic heterocycles. The van der Waals surface area contributed by atoms with Gasteiger partial charge in [-0.15, -0.1) is 6.42 Å². The van der Waals surface area contributed by atoms with Crippen molar-refractivity contribution in [3.63, 3.8) is 0 Å². The van der Waals surface area contributed by atoms with Crippen LogP contribution in [0.2, 0.25) is 0 Å². The number of quaternary nitrogens is 1. The third-order valence-corrected chi connectivity index (χ3v) is 3.17. The third-order valence-electron chi connectivity index (χ3n) is 3.17. The molecule has 0 spiro atoms. The van der Waals surface area contributed by atoms with E-state index in [1.165, 1.54) is 0 Å². The molecule has 1 rings (SSSR count). The molecule has 0 saturated carbocycles. The maximum atomic E-state index is 11.9. The number of amides is 1. The summed E-state index contributed by atoms with van der Waals surface area (Å²) in [4.78, 5) is 13.4. The molecule has 0 aliphatic rings. The number of rotatable bonds is 7. The summed E-state index contributed by atoms with van der Waals surface area (Å²) < 4.78 is 5.38. The van der Waals surface area contributed by atoms with Gasteiger partial charge in [-0.1, -0.05) is 19.1 Å². The van der Waals surface area contributed by atoms with Gasteiger partial charge in [-0.3, -0.25) is 0 Å². The van der Waals surface area contributed by atoms with Gasteiger partial charge in [0.05, 0.1) is 6.04 Å². The first-order valence-electron chi connectivity index (χ1n) is 7.35. The van der Waals surface area contributed by atoms with Gasteiger partial charge in [0, 0.05) is 20.0 Å². The number of carbonyl (C=O) groups excluding carboxylic acids is 1. The Hall–Kier alpha value is -1.70. The number of benzene rings is 1. The minimum atomic E-state index is -0.319. The van der Waals surface area contributed by atoms with Gasteiger partial charge in [0.1, 0.15) is 12.3 Å². The predicted molar refractivity (Wildman–Crippen MR) is 84.2 cm³/mol. The second-order valence-electron chi connectivity index (χ2n) is 5.26. The molecule has 0 aliphatic heterocycles. The number of nitrogens with zero attached hydrogens (tertiary/aromatic N) is 1. The summed E-state index contributed by atoms with van der Waals surface area (Å²) in [6.45, 7) is 5.53. The Labute approximate surface area is 139 Å². The van der Waals surface area contributed by atoms with Crippen molar-refractivity contribution < 1.29 is 27.3 Å². The summed E-state index contributed by atoms with van der Waals surface area (Å²) in [5.74, 6) is 3.20. The van der Waals surface area contributed by atoms with Crippen LogP contribution < -0.4 is 22.5 Å². The maximum absolute atomic E-state index is 11.9. The maximum Gasteiger partial charge on any atom is 0.414 e. The lowest BCUT2D eigenvalue weighted by molar-refractivity contribution is -0.675. The topological polar surface area (TPSA) is 46.1 Å². The SMILES string of the molecule is C#CC[NH2+]C(C)Cc1cccc(OC(=O)N(C)CCC)c1.[Cl-]. The lowest BCUT2D eigenvalue weighted by atomic mass is 10.1. The fourth-order valence-corrected chi connectivity index (χ4v) is 2.07. The molecular formula is C17H25ClN2O2. The molecule has 0 radical (unpaired) electrons. The molecule has 1 atom stereocenters. The average Bonchev–Trinajstić information content (AvgIpc) is 2.45. The third kappa shape index (κ3) is 7.35. The summed E-state index contributed by atoms with van der Waals surface area (Å²) in [6.07, 6.45) is 6.74. The number of halogens is 1. The summed E-state index contributed by atoms with van der Waals surface area (Å²) >= 11 is 0. The van der Waals surface area contributed by atoms with Crippen LogP contribution in [0.1, 0.15) is 25.8 Å². The number of terminal acetylenes is 1. The highest BCUT2D eigenvalue weighted by molar-refractivity contribution is 5.70. The van der Waals surface area contributed by atoms with E-state index in [0.717, 1.165) is 18.4 Å². The van der Waals surface area contributed by atoms with Crippen molar-refractivity contribution >= 4 is 6.09 Å². The van der Waals surface area contributed by atoms with Gasteiger partial charge in [-0.2, -0.15) is 0 Å². The fourth-order valence-electron chi connectivity index (χ4n) is 2.07. The molecule has 4 nitrogen and oxygen atoms in total. The van der Waals surface area contributed by atoms with Crippen LogP contribution in [0.25, 0.3) is 0 Å². The van der Waals surface area contributed by atoms with E-state index in [2.05, 4.69) is 18.2 Å². The molecule has 1 aromatic rings. The molecule has 0 saturated heterocycles. The minimum absolute atomic E-state index is 0. The standard InChI is InChI=1S/C17H24N2O2.ClH/c1-5-10-18-14(3)12-15-8-7-9-16(13-15)21-17(20)19(4)11-6-2;/h1,7-9,13-14,18H,6,10-12H2,2-4H3;1H. The molecule has 0 aliphatic carbocycles. The van der Waals surface area contributed by atoms with Crippen LogP contribution in [0, 0.1) is 12.3 Å². The molecule has 122 valence electrons. The van der Waals surface area contributed by atoms with Gasteiger partial charge in [0.25, 0.3) is 0 Å². The lowest BCUT2D eigenvalue weighted by Crippen LogP contribution is -3.00. The van der Waals surface area contributed by atoms with Crippen molar-refractivity contribution in [1.29, 1.82) is 0 Å². The van der Waals surface area contributed by atoms with Crippen molar-refractivity contribution in [3.05, 3.63) is 29.8 Å². The van der Waals surface area contributed by atoms with Gasteiger partial charge in [0.15, 0.2) is 0 Å². The summed E-state index contributed by atoms with van der Waals surface area (Å²) in [6, 6.07) is 8.06. The molecule has 1 amide bonds. The number of hydrogen-bond donors (Lipinski definition) is 1. The number of carbonyl (C=O) groups is 1. The Morgan fingerprint density at radius 1 is 1.50 bits per heavy atom. The second kappa shape index (κ2) is 10.9. The van der Waals surface area contributed by atoms with Crippen LogP contribution in [0.5, 0.6) is 5.75 Å². The normalized spacial score (nSPS) is 11.0. The zero-order valence-corrected chi connectivity index (χ0v) is 14.3. The van der Waals surface area contributed by atoms with Crippen LogP contribution in [-0.2, 0) is 6.42 Å². The predicted octanol–water partition coefficient (Wildman–Crippen LogP) is -1.34. The number of hydrogen-bond acceptors (Lipinski definition) is 2. The van der Waals surface area contributed by atoms with Crippen LogP contribution in [0.3, 0.4) is 0 Å². The number of ether oxygens (including phenoxy) is 1. The van der Waals surface area contributed by atoms with E-state index in [-0.39, 0.29) is 18.5 Å². The van der Waals surface area contributed by atoms with Gasteiger partial charge in [0.2, 0.25) is 0 Å². The first-order valence-corrected chi connectivity index (χ1v) is 7.35. The van der Waals surface area contributed by atoms with Gasteiger partial charge in [-0.05, 0) is 37.0 Å². The molecule has 0 bridgehead atoms. The zero-order chi connectivity index (χ0) is 15.7. The molecule has 5 heteroatoms. The zero-order valence-electron chi connectivity index (χ0n) is 13.5. The van der Waals surface area contributed by atoms with E-state index in [1.807, 2.05) is 25.1 Å². The van der Waals surface area contributed by atoms with Crippen molar-refractivity contribution in [2.75, 3.05) is 20.1 Å². The molecule has 1 unspecified atom stereocenters. The molecule has 1 aromatic carbocycles. The van der Waals surface area contributed by atoms with Crippen LogP contribution >= 0.6 is 0 Å². The Morgan fingerprint density at radius 3 is 2.86 bits per heavy atom. The number of nitrogens with two attached hydrogens (primary N) is 1. The van der Waals surface area contributed by atoms with Gasteiger partial charge >= 0.3 is 6.09 Å². The molecular weight excluding hydrogens is 300 g/mol. The first-order chi connectivity index (χ1) is 10.1. The van der Waals surface area contributed by atoms with E-state index < -0.39 is 0 Å². The Morgan fingerprint density at radius 2 is 2.23 bits per heavy atom. The molecule has 2 N–H and O–H groups in total. The van der Waals surface area contributed by atoms with Crippen molar-refractivity contribution in [2.45, 2.75) is 32.7 Å². The molecule has 0 fully saturated rings. The second-order valence-corrected chi connectivity index (χ2v) is 5.26. The van der Waals surface area contributed by atoms with Crippen LogP contribution in [-0.4, -0.2) is 37.2 Å². The minimum Gasteiger partial charge on any atom is -1.00 e. The summed E-state index contributed by atoms with van der Waals surface area (Å²) in [5, 5.41) is 2.12. The summed E-state index contributed by atoms with van der Waals surface area (Å²) in [7, 11) is 1.74. The highest BCUT2D eigenvalue weighted by Gasteiger charge is 2.11. The molecule has 22 heavy (non-hydrogen) atoms. The lowest BCUT2D eigenvalue weighted by Gasteiger charge is -2.16. The summed E-state index contributed by atoms with van der Waals surface area (Å²) in [5.41, 5.74) is 1.14. The largest absolute Gasteiger partial charge is 1.00 e. The van der Waals surface area contributed by atoms with E-state index >= 15 is 0 Å². The van der Waals surface area contributed by atoms with Crippen molar-refractivity contribution in [1.82, 2.24) is 4.90 Å². The Kier molecular flexibility index (Phi) is 10.1.